The van der Waals surface area contributed by atoms with Crippen LogP contribution in [-0.4, -0.2) is 40.8 Å². The number of unbranched alkanes of at least 4 members (excludes halogenated alkanes) is 2. The Morgan fingerprint density at radius 2 is 1.92 bits per heavy atom. The van der Waals surface area contributed by atoms with Crippen LogP contribution in [0.15, 0.2) is 18.7 Å². The van der Waals surface area contributed by atoms with Gasteiger partial charge in [-0.3, -0.25) is 0 Å². The second-order valence-corrected chi connectivity index (χ2v) is 6.56. The van der Waals surface area contributed by atoms with E-state index in [0.717, 1.165) is 19.3 Å². The third kappa shape index (κ3) is 8.19. The molecule has 0 aliphatic heterocycles. The van der Waals surface area contributed by atoms with Gasteiger partial charge in [0.1, 0.15) is 17.0 Å². The standard InChI is InChI=1S/C18H27N3O4/c1-5-13-9-10-14(16(22)23)15(21-13)19-11-7-6-8-12-20-17(24)25-18(2,3)4/h5,9-10H,1,6-8,11-12H2,2-4H3,(H,19,21)(H,20,24)(H,22,23). The molecular formula is C18H27N3O4. The molecule has 0 bridgehead atoms. The van der Waals surface area contributed by atoms with Gasteiger partial charge in [0.15, 0.2) is 0 Å². The number of pyridine rings is 1. The molecule has 0 spiro atoms. The van der Waals surface area contributed by atoms with E-state index in [1.54, 1.807) is 12.1 Å². The predicted octanol–water partition coefficient (Wildman–Crippen LogP) is 3.53. The highest BCUT2D eigenvalue weighted by molar-refractivity contribution is 5.93. The molecule has 7 nitrogen and oxygen atoms in total. The van der Waals surface area contributed by atoms with E-state index in [1.807, 2.05) is 20.8 Å². The van der Waals surface area contributed by atoms with Gasteiger partial charge >= 0.3 is 12.1 Å². The number of carboxylic acid groups (broad SMARTS) is 1. The van der Waals surface area contributed by atoms with E-state index in [9.17, 15) is 14.7 Å². The Balaban J connectivity index is 2.29. The summed E-state index contributed by atoms with van der Waals surface area (Å²) in [6.07, 6.45) is 3.68. The van der Waals surface area contributed by atoms with E-state index in [2.05, 4.69) is 22.2 Å². The topological polar surface area (TPSA) is 101 Å². The number of nitrogens with zero attached hydrogens (tertiary/aromatic N) is 1. The van der Waals surface area contributed by atoms with Crippen LogP contribution in [0.25, 0.3) is 6.08 Å². The summed E-state index contributed by atoms with van der Waals surface area (Å²) >= 11 is 0. The highest BCUT2D eigenvalue weighted by Crippen LogP contribution is 2.14. The number of carbonyl (C=O) groups excluding carboxylic acids is 1. The number of hydrogen-bond acceptors (Lipinski definition) is 5. The first-order chi connectivity index (χ1) is 11.7. The Morgan fingerprint density at radius 1 is 1.24 bits per heavy atom. The van der Waals surface area contributed by atoms with E-state index in [-0.39, 0.29) is 5.56 Å². The van der Waals surface area contributed by atoms with Crippen molar-refractivity contribution in [1.29, 1.82) is 0 Å². The van der Waals surface area contributed by atoms with Crippen LogP contribution in [-0.2, 0) is 4.74 Å². The van der Waals surface area contributed by atoms with Crippen LogP contribution in [0.2, 0.25) is 0 Å². The van der Waals surface area contributed by atoms with Crippen molar-refractivity contribution in [1.82, 2.24) is 10.3 Å². The fraction of sp³-hybridized carbons (Fsp3) is 0.500. The molecule has 0 saturated heterocycles. The van der Waals surface area contributed by atoms with Crippen LogP contribution in [0.5, 0.6) is 0 Å². The van der Waals surface area contributed by atoms with Crippen LogP contribution in [0, 0.1) is 0 Å². The summed E-state index contributed by atoms with van der Waals surface area (Å²) in [5, 5.41) is 14.9. The van der Waals surface area contributed by atoms with E-state index in [4.69, 9.17) is 4.74 Å². The highest BCUT2D eigenvalue weighted by Gasteiger charge is 2.15. The lowest BCUT2D eigenvalue weighted by Gasteiger charge is -2.19. The molecule has 0 aliphatic rings. The maximum Gasteiger partial charge on any atom is 0.407 e. The third-order valence-corrected chi connectivity index (χ3v) is 3.17. The van der Waals surface area contributed by atoms with Gasteiger partial charge in [-0.1, -0.05) is 6.58 Å². The van der Waals surface area contributed by atoms with Gasteiger partial charge in [0.2, 0.25) is 0 Å². The number of hydrogen-bond donors (Lipinski definition) is 3. The average Bonchev–Trinajstić information content (AvgIpc) is 2.51. The van der Waals surface area contributed by atoms with Crippen LogP contribution < -0.4 is 10.6 Å². The van der Waals surface area contributed by atoms with E-state index >= 15 is 0 Å². The van der Waals surface area contributed by atoms with Gasteiger partial charge < -0.3 is 20.5 Å². The lowest BCUT2D eigenvalue weighted by Crippen LogP contribution is -2.33. The number of nitrogens with one attached hydrogen (secondary N) is 2. The maximum absolute atomic E-state index is 11.5. The molecule has 1 aromatic heterocycles. The molecule has 7 heteroatoms. The van der Waals surface area contributed by atoms with Crippen molar-refractivity contribution in [2.75, 3.05) is 18.4 Å². The molecule has 0 unspecified atom stereocenters. The number of alkyl carbamates (subject to hydrolysis) is 1. The van der Waals surface area contributed by atoms with Crippen molar-refractivity contribution in [3.05, 3.63) is 30.0 Å². The zero-order valence-corrected chi connectivity index (χ0v) is 15.1. The van der Waals surface area contributed by atoms with E-state index in [1.165, 1.54) is 6.07 Å². The van der Waals surface area contributed by atoms with Gasteiger partial charge in [-0.05, 0) is 58.2 Å². The van der Waals surface area contributed by atoms with Gasteiger partial charge in [-0.25, -0.2) is 14.6 Å². The Hall–Kier alpha value is -2.57. The number of ether oxygens (including phenoxy) is 1. The molecule has 3 N–H and O–H groups in total. The number of carboxylic acids is 1. The van der Waals surface area contributed by atoms with Gasteiger partial charge in [0, 0.05) is 13.1 Å². The van der Waals surface area contributed by atoms with Crippen molar-refractivity contribution in [3.8, 4) is 0 Å². The predicted molar refractivity (Wildman–Crippen MR) is 97.9 cm³/mol. The zero-order valence-electron chi connectivity index (χ0n) is 15.1. The SMILES string of the molecule is C=Cc1ccc(C(=O)O)c(NCCCCCNC(=O)OC(C)(C)C)n1. The minimum atomic E-state index is -1.02. The summed E-state index contributed by atoms with van der Waals surface area (Å²) in [7, 11) is 0. The van der Waals surface area contributed by atoms with E-state index < -0.39 is 17.7 Å². The first-order valence-corrected chi connectivity index (χ1v) is 8.30. The minimum Gasteiger partial charge on any atom is -0.478 e. The second-order valence-electron chi connectivity index (χ2n) is 6.56. The fourth-order valence-corrected chi connectivity index (χ4v) is 2.03. The Labute approximate surface area is 148 Å². The maximum atomic E-state index is 11.5. The summed E-state index contributed by atoms with van der Waals surface area (Å²) in [6, 6.07) is 3.13. The third-order valence-electron chi connectivity index (χ3n) is 3.17. The summed E-state index contributed by atoms with van der Waals surface area (Å²) in [6.45, 7) is 10.2. The number of aromatic nitrogens is 1. The summed E-state index contributed by atoms with van der Waals surface area (Å²) in [5.74, 6) is -0.677. The first-order valence-electron chi connectivity index (χ1n) is 8.30. The zero-order chi connectivity index (χ0) is 18.9. The van der Waals surface area contributed by atoms with Crippen LogP contribution in [0.3, 0.4) is 0 Å². The van der Waals surface area contributed by atoms with Crippen molar-refractivity contribution >= 4 is 24.0 Å². The molecule has 0 aromatic carbocycles. The molecule has 25 heavy (non-hydrogen) atoms. The molecule has 138 valence electrons. The minimum absolute atomic E-state index is 0.136. The molecule has 1 aromatic rings. The molecule has 1 amide bonds. The van der Waals surface area contributed by atoms with Gasteiger partial charge in [-0.2, -0.15) is 0 Å². The molecule has 0 fully saturated rings. The number of carbonyl (C=O) groups is 2. The summed E-state index contributed by atoms with van der Waals surface area (Å²) < 4.78 is 5.15. The molecule has 1 rings (SSSR count). The monoisotopic (exact) mass is 349 g/mol. The van der Waals surface area contributed by atoms with Gasteiger partial charge in [0.25, 0.3) is 0 Å². The Morgan fingerprint density at radius 3 is 2.52 bits per heavy atom. The molecule has 0 saturated carbocycles. The van der Waals surface area contributed by atoms with Crippen LogP contribution >= 0.6 is 0 Å². The van der Waals surface area contributed by atoms with Gasteiger partial charge in [0.05, 0.1) is 5.69 Å². The van der Waals surface area contributed by atoms with Crippen molar-refractivity contribution < 1.29 is 19.4 Å². The number of aromatic carboxylic acids is 1. The quantitative estimate of drug-likeness (QED) is 0.590. The van der Waals surface area contributed by atoms with Crippen molar-refractivity contribution in [2.45, 2.75) is 45.6 Å². The normalized spacial score (nSPS) is 10.8. The lowest BCUT2D eigenvalue weighted by molar-refractivity contribution is 0.0526. The molecular weight excluding hydrogens is 322 g/mol. The highest BCUT2D eigenvalue weighted by atomic mass is 16.6. The first kappa shape index (κ1) is 20.5. The van der Waals surface area contributed by atoms with Crippen LogP contribution in [0.4, 0.5) is 10.6 Å². The van der Waals surface area contributed by atoms with Gasteiger partial charge in [-0.15, -0.1) is 0 Å². The lowest BCUT2D eigenvalue weighted by atomic mass is 10.2. The number of rotatable bonds is 9. The molecule has 0 atom stereocenters. The molecule has 0 aliphatic carbocycles. The smallest absolute Gasteiger partial charge is 0.407 e. The van der Waals surface area contributed by atoms with Crippen molar-refractivity contribution in [3.63, 3.8) is 0 Å². The molecule has 0 radical (unpaired) electrons. The van der Waals surface area contributed by atoms with Crippen LogP contribution in [0.1, 0.15) is 56.1 Å². The molecule has 1 heterocycles. The summed E-state index contributed by atoms with van der Waals surface area (Å²) in [5.41, 5.74) is 0.259. The summed E-state index contributed by atoms with van der Waals surface area (Å²) in [4.78, 5) is 26.9. The number of anilines is 1. The van der Waals surface area contributed by atoms with E-state index in [0.29, 0.717) is 24.6 Å². The fourth-order valence-electron chi connectivity index (χ4n) is 2.03. The van der Waals surface area contributed by atoms with Crippen molar-refractivity contribution in [2.24, 2.45) is 0 Å². The largest absolute Gasteiger partial charge is 0.478 e. The number of amides is 1. The second kappa shape index (κ2) is 9.66. The Kier molecular flexibility index (Phi) is 7.91. The average molecular weight is 349 g/mol. The Bertz CT molecular complexity index is 609.